The van der Waals surface area contributed by atoms with Crippen molar-refractivity contribution < 1.29 is 14.3 Å². The summed E-state index contributed by atoms with van der Waals surface area (Å²) >= 11 is 0. The van der Waals surface area contributed by atoms with E-state index in [-0.39, 0.29) is 17.8 Å². The summed E-state index contributed by atoms with van der Waals surface area (Å²) in [6, 6.07) is 9.88. The molecule has 1 aromatic heterocycles. The third kappa shape index (κ3) is 3.61. The van der Waals surface area contributed by atoms with E-state index in [9.17, 15) is 9.59 Å². The zero-order valence-corrected chi connectivity index (χ0v) is 13.6. The van der Waals surface area contributed by atoms with Gasteiger partial charge in [0, 0.05) is 13.1 Å². The first-order chi connectivity index (χ1) is 11.7. The molecule has 0 radical (unpaired) electrons. The Hall–Kier alpha value is -2.70. The minimum Gasteiger partial charge on any atom is -0.469 e. The molecule has 24 heavy (non-hydrogen) atoms. The molecular weight excluding hydrogens is 308 g/mol. The number of amides is 1. The van der Waals surface area contributed by atoms with Crippen molar-refractivity contribution in [3.8, 4) is 0 Å². The molecule has 0 unspecified atom stereocenters. The maximum atomic E-state index is 12.5. The minimum absolute atomic E-state index is 0.118. The van der Waals surface area contributed by atoms with E-state index in [2.05, 4.69) is 10.3 Å². The van der Waals surface area contributed by atoms with E-state index in [0.29, 0.717) is 38.2 Å². The monoisotopic (exact) mass is 328 g/mol. The van der Waals surface area contributed by atoms with E-state index in [1.54, 1.807) is 15.8 Å². The van der Waals surface area contributed by atoms with Crippen LogP contribution in [0.1, 0.15) is 28.9 Å². The molecule has 1 fully saturated rings. The number of carbonyl (C=O) groups excluding carboxylic acids is 2. The molecule has 0 N–H and O–H groups in total. The molecule has 1 aliphatic rings. The van der Waals surface area contributed by atoms with Crippen LogP contribution in [0.15, 0.2) is 36.5 Å². The molecule has 1 aliphatic heterocycles. The molecular formula is C17H20N4O3. The second kappa shape index (κ2) is 7.25. The molecule has 0 saturated carbocycles. The second-order valence-corrected chi connectivity index (χ2v) is 5.88. The van der Waals surface area contributed by atoms with E-state index in [1.165, 1.54) is 7.11 Å². The van der Waals surface area contributed by atoms with Crippen LogP contribution in [-0.4, -0.2) is 52.0 Å². The van der Waals surface area contributed by atoms with Gasteiger partial charge in [0.2, 0.25) is 0 Å². The molecule has 1 aromatic carbocycles. The van der Waals surface area contributed by atoms with Gasteiger partial charge in [0.1, 0.15) is 0 Å². The lowest BCUT2D eigenvalue weighted by Crippen LogP contribution is -2.40. The molecule has 0 atom stereocenters. The summed E-state index contributed by atoms with van der Waals surface area (Å²) in [5, 5.41) is 8.02. The van der Waals surface area contributed by atoms with Crippen molar-refractivity contribution in [1.29, 1.82) is 0 Å². The van der Waals surface area contributed by atoms with Gasteiger partial charge in [0.15, 0.2) is 5.69 Å². The van der Waals surface area contributed by atoms with E-state index < -0.39 is 0 Å². The van der Waals surface area contributed by atoms with E-state index in [0.717, 1.165) is 5.56 Å². The molecule has 2 heterocycles. The lowest BCUT2D eigenvalue weighted by molar-refractivity contribution is -0.146. The molecule has 1 amide bonds. The fourth-order valence-corrected chi connectivity index (χ4v) is 2.89. The van der Waals surface area contributed by atoms with Gasteiger partial charge in [-0.05, 0) is 18.4 Å². The lowest BCUT2D eigenvalue weighted by Gasteiger charge is -2.30. The van der Waals surface area contributed by atoms with Crippen LogP contribution in [0, 0.1) is 5.92 Å². The van der Waals surface area contributed by atoms with E-state index in [4.69, 9.17) is 4.74 Å². The number of rotatable bonds is 4. The van der Waals surface area contributed by atoms with Crippen molar-refractivity contribution in [3.63, 3.8) is 0 Å². The number of carbonyl (C=O) groups is 2. The largest absolute Gasteiger partial charge is 0.469 e. The number of hydrogen-bond acceptors (Lipinski definition) is 5. The highest BCUT2D eigenvalue weighted by Crippen LogP contribution is 2.19. The highest BCUT2D eigenvalue weighted by Gasteiger charge is 2.29. The number of methoxy groups -OCH3 is 1. The normalized spacial score (nSPS) is 15.3. The van der Waals surface area contributed by atoms with Crippen LogP contribution in [0.3, 0.4) is 0 Å². The third-order valence-electron chi connectivity index (χ3n) is 4.26. The number of likely N-dealkylation sites (tertiary alicyclic amines) is 1. The van der Waals surface area contributed by atoms with Gasteiger partial charge < -0.3 is 9.64 Å². The molecule has 7 nitrogen and oxygen atoms in total. The van der Waals surface area contributed by atoms with Crippen LogP contribution in [0.4, 0.5) is 0 Å². The van der Waals surface area contributed by atoms with Crippen molar-refractivity contribution >= 4 is 11.9 Å². The predicted molar refractivity (Wildman–Crippen MR) is 86.2 cm³/mol. The van der Waals surface area contributed by atoms with Gasteiger partial charge in [-0.2, -0.15) is 0 Å². The third-order valence-corrected chi connectivity index (χ3v) is 4.26. The van der Waals surface area contributed by atoms with Crippen molar-refractivity contribution in [3.05, 3.63) is 47.8 Å². The smallest absolute Gasteiger partial charge is 0.308 e. The van der Waals surface area contributed by atoms with Crippen LogP contribution in [-0.2, 0) is 16.1 Å². The fourth-order valence-electron chi connectivity index (χ4n) is 2.89. The standard InChI is InChI=1S/C17H20N4O3/c1-24-17(23)14-7-9-20(10-8-14)16(22)15-12-21(19-18-15)11-13-5-3-2-4-6-13/h2-6,12,14H,7-11H2,1H3. The highest BCUT2D eigenvalue weighted by atomic mass is 16.5. The second-order valence-electron chi connectivity index (χ2n) is 5.88. The summed E-state index contributed by atoms with van der Waals surface area (Å²) in [5.74, 6) is -0.457. The Morgan fingerprint density at radius 2 is 1.92 bits per heavy atom. The zero-order chi connectivity index (χ0) is 16.9. The van der Waals surface area contributed by atoms with Gasteiger partial charge in [-0.3, -0.25) is 9.59 Å². The minimum atomic E-state index is -0.198. The van der Waals surface area contributed by atoms with E-state index >= 15 is 0 Å². The fraction of sp³-hybridized carbons (Fsp3) is 0.412. The van der Waals surface area contributed by atoms with Gasteiger partial charge in [-0.25, -0.2) is 4.68 Å². The first-order valence-corrected chi connectivity index (χ1v) is 7.98. The first-order valence-electron chi connectivity index (χ1n) is 7.98. The number of ether oxygens (including phenoxy) is 1. The maximum Gasteiger partial charge on any atom is 0.308 e. The lowest BCUT2D eigenvalue weighted by atomic mass is 9.97. The highest BCUT2D eigenvalue weighted by molar-refractivity contribution is 5.92. The van der Waals surface area contributed by atoms with Gasteiger partial charge in [0.25, 0.3) is 5.91 Å². The molecule has 126 valence electrons. The Bertz CT molecular complexity index is 706. The quantitative estimate of drug-likeness (QED) is 0.792. The summed E-state index contributed by atoms with van der Waals surface area (Å²) < 4.78 is 6.42. The summed E-state index contributed by atoms with van der Waals surface area (Å²) in [5.41, 5.74) is 1.43. The Balaban J connectivity index is 1.59. The molecule has 0 spiro atoms. The topological polar surface area (TPSA) is 77.3 Å². The number of piperidine rings is 1. The molecule has 0 aliphatic carbocycles. The molecule has 3 rings (SSSR count). The van der Waals surface area contributed by atoms with Crippen LogP contribution in [0.25, 0.3) is 0 Å². The van der Waals surface area contributed by atoms with Crippen molar-refractivity contribution in [2.75, 3.05) is 20.2 Å². The average molecular weight is 328 g/mol. The van der Waals surface area contributed by atoms with Crippen LogP contribution < -0.4 is 0 Å². The summed E-state index contributed by atoms with van der Waals surface area (Å²) in [7, 11) is 1.39. The number of nitrogens with zero attached hydrogens (tertiary/aromatic N) is 4. The van der Waals surface area contributed by atoms with Gasteiger partial charge in [-0.1, -0.05) is 35.5 Å². The average Bonchev–Trinajstić information content (AvgIpc) is 3.10. The SMILES string of the molecule is COC(=O)C1CCN(C(=O)c2cn(Cc3ccccc3)nn2)CC1. The van der Waals surface area contributed by atoms with Crippen molar-refractivity contribution in [2.24, 2.45) is 5.92 Å². The Kier molecular flexibility index (Phi) is 4.88. The Morgan fingerprint density at radius 3 is 2.58 bits per heavy atom. The predicted octanol–water partition coefficient (Wildman–Crippen LogP) is 1.35. The molecule has 7 heteroatoms. The number of aromatic nitrogens is 3. The van der Waals surface area contributed by atoms with Gasteiger partial charge in [0.05, 0.1) is 25.8 Å². The van der Waals surface area contributed by atoms with Gasteiger partial charge in [-0.15, -0.1) is 5.10 Å². The Labute approximate surface area is 140 Å². The number of hydrogen-bond donors (Lipinski definition) is 0. The van der Waals surface area contributed by atoms with Crippen molar-refractivity contribution in [2.45, 2.75) is 19.4 Å². The van der Waals surface area contributed by atoms with Crippen LogP contribution in [0.5, 0.6) is 0 Å². The first kappa shape index (κ1) is 16.2. The molecule has 0 bridgehead atoms. The number of esters is 1. The molecule has 2 aromatic rings. The zero-order valence-electron chi connectivity index (χ0n) is 13.6. The van der Waals surface area contributed by atoms with Crippen LogP contribution >= 0.6 is 0 Å². The van der Waals surface area contributed by atoms with Gasteiger partial charge >= 0.3 is 5.97 Å². The summed E-state index contributed by atoms with van der Waals surface area (Å²) in [6.07, 6.45) is 2.91. The van der Waals surface area contributed by atoms with E-state index in [1.807, 2.05) is 30.3 Å². The Morgan fingerprint density at radius 1 is 1.21 bits per heavy atom. The number of benzene rings is 1. The molecule has 1 saturated heterocycles. The summed E-state index contributed by atoms with van der Waals surface area (Å²) in [6.45, 7) is 1.64. The summed E-state index contributed by atoms with van der Waals surface area (Å²) in [4.78, 5) is 25.8. The van der Waals surface area contributed by atoms with Crippen molar-refractivity contribution in [1.82, 2.24) is 19.9 Å². The van der Waals surface area contributed by atoms with Crippen LogP contribution in [0.2, 0.25) is 0 Å². The maximum absolute atomic E-state index is 12.5.